The minimum Gasteiger partial charge on any atom is -0.351 e. The lowest BCUT2D eigenvalue weighted by atomic mass is 9.92. The predicted octanol–water partition coefficient (Wildman–Crippen LogP) is 4.28. The van der Waals surface area contributed by atoms with Crippen molar-refractivity contribution in [3.05, 3.63) is 64.4 Å². The van der Waals surface area contributed by atoms with Gasteiger partial charge in [0.2, 0.25) is 0 Å². The third kappa shape index (κ3) is 2.01. The molecule has 0 aromatic heterocycles. The Labute approximate surface area is 130 Å². The zero-order chi connectivity index (χ0) is 14.6. The Hall–Kier alpha value is -1.36. The number of epoxide rings is 1. The number of fused-ring (bicyclic) bond motifs is 1. The number of ether oxygens (including phenoxy) is 1. The Kier molecular flexibility index (Phi) is 2.89. The van der Waals surface area contributed by atoms with Crippen molar-refractivity contribution in [3.63, 3.8) is 0 Å². The van der Waals surface area contributed by atoms with Crippen molar-refractivity contribution in [2.24, 2.45) is 0 Å². The highest BCUT2D eigenvalue weighted by atomic mass is 35.5. The molecule has 5 heteroatoms. The summed E-state index contributed by atoms with van der Waals surface area (Å²) in [6, 6.07) is 11.6. The molecule has 2 heterocycles. The first kappa shape index (κ1) is 13.3. The first-order chi connectivity index (χ1) is 10.1. The Morgan fingerprint density at radius 3 is 2.76 bits per heavy atom. The van der Waals surface area contributed by atoms with E-state index in [-0.39, 0.29) is 11.9 Å². The molecule has 2 atom stereocenters. The highest BCUT2D eigenvalue weighted by Crippen LogP contribution is 2.56. The van der Waals surface area contributed by atoms with Crippen LogP contribution in [0.4, 0.5) is 4.39 Å². The van der Waals surface area contributed by atoms with Crippen LogP contribution in [0.2, 0.25) is 5.02 Å². The van der Waals surface area contributed by atoms with E-state index >= 15 is 0 Å². The van der Waals surface area contributed by atoms with Crippen LogP contribution >= 0.6 is 23.4 Å². The van der Waals surface area contributed by atoms with Crippen LogP contribution in [0.3, 0.4) is 0 Å². The van der Waals surface area contributed by atoms with Crippen LogP contribution in [0.1, 0.15) is 22.0 Å². The van der Waals surface area contributed by atoms with Crippen molar-refractivity contribution in [1.82, 2.24) is 0 Å². The molecule has 1 saturated heterocycles. The van der Waals surface area contributed by atoms with E-state index in [0.29, 0.717) is 16.3 Å². The molecule has 0 radical (unpaired) electrons. The summed E-state index contributed by atoms with van der Waals surface area (Å²) in [4.78, 5) is 13.5. The van der Waals surface area contributed by atoms with Crippen molar-refractivity contribution in [2.75, 3.05) is 5.75 Å². The number of hydrogen-bond donors (Lipinski definition) is 0. The number of rotatable bonds is 1. The molecule has 2 aliphatic rings. The van der Waals surface area contributed by atoms with Gasteiger partial charge in [-0.1, -0.05) is 23.7 Å². The summed E-state index contributed by atoms with van der Waals surface area (Å²) in [5.41, 5.74) is 0.496. The second kappa shape index (κ2) is 4.57. The summed E-state index contributed by atoms with van der Waals surface area (Å²) in [5, 5.41) is 0.644. The fraction of sp³-hybridized carbons (Fsp3) is 0.188. The first-order valence-electron chi connectivity index (χ1n) is 6.51. The smallest absolute Gasteiger partial charge is 0.199 e. The van der Waals surface area contributed by atoms with Gasteiger partial charge < -0.3 is 4.74 Å². The maximum absolute atomic E-state index is 13.4. The van der Waals surface area contributed by atoms with Gasteiger partial charge in [-0.25, -0.2) is 4.39 Å². The van der Waals surface area contributed by atoms with Crippen LogP contribution in [0.25, 0.3) is 0 Å². The number of halogens is 2. The number of carbonyl (C=O) groups excluding carboxylic acids is 1. The maximum Gasteiger partial charge on any atom is 0.199 e. The average Bonchev–Trinajstić information content (AvgIpc) is 3.20. The molecular weight excluding hydrogens is 311 g/mol. The van der Waals surface area contributed by atoms with Crippen molar-refractivity contribution in [2.45, 2.75) is 16.6 Å². The number of Topliss-reactive ketones (excluding diaryl/α,β-unsaturated/α-hetero) is 1. The topological polar surface area (TPSA) is 29.6 Å². The molecule has 1 spiro atoms. The Balaban J connectivity index is 1.69. The normalized spacial score (nSPS) is 26.8. The van der Waals surface area contributed by atoms with Crippen LogP contribution in [0.5, 0.6) is 0 Å². The lowest BCUT2D eigenvalue weighted by Gasteiger charge is -2.20. The molecule has 2 nitrogen and oxygen atoms in total. The van der Waals surface area contributed by atoms with E-state index in [2.05, 4.69) is 0 Å². The van der Waals surface area contributed by atoms with Gasteiger partial charge in [0.1, 0.15) is 11.9 Å². The average molecular weight is 321 g/mol. The molecule has 4 rings (SSSR count). The molecule has 106 valence electrons. The number of carbonyl (C=O) groups is 1. The van der Waals surface area contributed by atoms with Gasteiger partial charge in [0.05, 0.1) is 0 Å². The Morgan fingerprint density at radius 2 is 2.00 bits per heavy atom. The quantitative estimate of drug-likeness (QED) is 0.735. The van der Waals surface area contributed by atoms with Crippen molar-refractivity contribution in [3.8, 4) is 0 Å². The zero-order valence-electron chi connectivity index (χ0n) is 10.8. The third-order valence-corrected chi connectivity index (χ3v) is 5.37. The summed E-state index contributed by atoms with van der Waals surface area (Å²) in [5.74, 6) is 0.0248. The Bertz CT molecular complexity index is 746. The summed E-state index contributed by atoms with van der Waals surface area (Å²) in [6.45, 7) is 0. The fourth-order valence-electron chi connectivity index (χ4n) is 2.72. The van der Waals surface area contributed by atoms with Crippen LogP contribution in [-0.4, -0.2) is 17.1 Å². The third-order valence-electron chi connectivity index (χ3n) is 3.88. The van der Waals surface area contributed by atoms with Gasteiger partial charge in [0, 0.05) is 21.2 Å². The van der Waals surface area contributed by atoms with E-state index in [4.69, 9.17) is 16.3 Å². The monoisotopic (exact) mass is 320 g/mol. The number of benzene rings is 2. The molecule has 0 saturated carbocycles. The van der Waals surface area contributed by atoms with E-state index < -0.39 is 11.4 Å². The minimum absolute atomic E-state index is 0.129. The molecule has 1 fully saturated rings. The van der Waals surface area contributed by atoms with Crippen molar-refractivity contribution < 1.29 is 13.9 Å². The van der Waals surface area contributed by atoms with E-state index in [1.807, 2.05) is 12.1 Å². The summed E-state index contributed by atoms with van der Waals surface area (Å²) in [6.07, 6.45) is -0.272. The molecule has 21 heavy (non-hydrogen) atoms. The number of ketones is 1. The molecule has 0 amide bonds. The fourth-order valence-corrected chi connectivity index (χ4v) is 4.04. The second-order valence-corrected chi connectivity index (χ2v) is 6.65. The first-order valence-corrected chi connectivity index (χ1v) is 7.87. The summed E-state index contributed by atoms with van der Waals surface area (Å²) >= 11 is 7.41. The van der Waals surface area contributed by atoms with Gasteiger partial charge >= 0.3 is 0 Å². The van der Waals surface area contributed by atoms with Gasteiger partial charge in [0.25, 0.3) is 0 Å². The van der Waals surface area contributed by atoms with Crippen molar-refractivity contribution in [1.29, 1.82) is 0 Å². The lowest BCUT2D eigenvalue weighted by Crippen LogP contribution is -2.32. The van der Waals surface area contributed by atoms with Crippen LogP contribution in [-0.2, 0) is 4.74 Å². The van der Waals surface area contributed by atoms with Gasteiger partial charge in [-0.3, -0.25) is 4.79 Å². The molecule has 2 aromatic rings. The van der Waals surface area contributed by atoms with E-state index in [1.165, 1.54) is 23.9 Å². The highest BCUT2D eigenvalue weighted by molar-refractivity contribution is 7.99. The number of hydrogen-bond acceptors (Lipinski definition) is 3. The molecule has 2 aliphatic heterocycles. The molecule has 0 N–H and O–H groups in total. The van der Waals surface area contributed by atoms with E-state index in [1.54, 1.807) is 18.2 Å². The van der Waals surface area contributed by atoms with Gasteiger partial charge in [0.15, 0.2) is 11.4 Å². The minimum atomic E-state index is -0.848. The Morgan fingerprint density at radius 1 is 1.24 bits per heavy atom. The zero-order valence-corrected chi connectivity index (χ0v) is 12.4. The summed E-state index contributed by atoms with van der Waals surface area (Å²) < 4.78 is 19.1. The molecule has 2 unspecified atom stereocenters. The standard InChI is InChI=1S/C16H10ClFO2S/c17-10-3-1-9(2-4-10)15-16(20-15)8-21-13-6-5-11(18)7-12(13)14(16)19/h1-7,15H,8H2. The molecule has 0 aliphatic carbocycles. The maximum atomic E-state index is 13.4. The summed E-state index contributed by atoms with van der Waals surface area (Å²) in [7, 11) is 0. The van der Waals surface area contributed by atoms with Gasteiger partial charge in [-0.15, -0.1) is 11.8 Å². The van der Waals surface area contributed by atoms with Crippen LogP contribution < -0.4 is 0 Å². The molecule has 0 bridgehead atoms. The van der Waals surface area contributed by atoms with E-state index in [0.717, 1.165) is 10.5 Å². The largest absolute Gasteiger partial charge is 0.351 e. The van der Waals surface area contributed by atoms with Crippen molar-refractivity contribution >= 4 is 29.1 Å². The predicted molar refractivity (Wildman–Crippen MR) is 79.5 cm³/mol. The van der Waals surface area contributed by atoms with Crippen LogP contribution in [0.15, 0.2) is 47.4 Å². The number of thioether (sulfide) groups is 1. The SMILES string of the molecule is O=C1c2cc(F)ccc2SCC12OC2c1ccc(Cl)cc1. The molecular formula is C16H10ClFO2S. The van der Waals surface area contributed by atoms with Gasteiger partial charge in [-0.2, -0.15) is 0 Å². The highest BCUT2D eigenvalue weighted by Gasteiger charge is 2.64. The molecule has 2 aromatic carbocycles. The van der Waals surface area contributed by atoms with E-state index in [9.17, 15) is 9.18 Å². The van der Waals surface area contributed by atoms with Gasteiger partial charge in [-0.05, 0) is 35.9 Å². The van der Waals surface area contributed by atoms with Crippen LogP contribution in [0, 0.1) is 5.82 Å². The lowest BCUT2D eigenvalue weighted by molar-refractivity contribution is 0.0885. The second-order valence-electron chi connectivity index (χ2n) is 5.20.